The van der Waals surface area contributed by atoms with Crippen LogP contribution in [0.2, 0.25) is 0 Å². The summed E-state index contributed by atoms with van der Waals surface area (Å²) >= 11 is 0. The monoisotopic (exact) mass is 699 g/mol. The number of aliphatic hydroxyl groups excluding tert-OH is 1. The minimum Gasteiger partial charge on any atom is -0.494 e. The van der Waals surface area contributed by atoms with Crippen LogP contribution in [-0.2, 0) is 41.5 Å². The van der Waals surface area contributed by atoms with Crippen molar-refractivity contribution in [2.45, 2.75) is 90.1 Å². The molecule has 278 valence electrons. The normalized spacial score (nSPS) is 12.2. The van der Waals surface area contributed by atoms with Gasteiger partial charge in [0.25, 0.3) is 0 Å². The molecule has 12 heteroatoms. The molecule has 0 aliphatic carbocycles. The zero-order valence-corrected chi connectivity index (χ0v) is 29.8. The summed E-state index contributed by atoms with van der Waals surface area (Å²) in [5, 5.41) is 14.9. The van der Waals surface area contributed by atoms with E-state index in [-0.39, 0.29) is 75.5 Å². The number of benzene rings is 2. The Hall–Kier alpha value is -3.84. The zero-order valence-electron chi connectivity index (χ0n) is 29.8. The Bertz CT molecular complexity index is 1260. The molecule has 2 rings (SSSR count). The highest BCUT2D eigenvalue weighted by Gasteiger charge is 2.22. The van der Waals surface area contributed by atoms with Crippen LogP contribution < -0.4 is 25.8 Å². The van der Waals surface area contributed by atoms with E-state index in [0.717, 1.165) is 29.7 Å². The van der Waals surface area contributed by atoms with Gasteiger partial charge in [-0.2, -0.15) is 0 Å². The number of carbonyl (C=O) groups is 4. The van der Waals surface area contributed by atoms with Crippen molar-refractivity contribution in [3.63, 3.8) is 0 Å². The first kappa shape index (κ1) is 42.3. The van der Waals surface area contributed by atoms with Crippen molar-refractivity contribution < 1.29 is 43.2 Å². The smallest absolute Gasteiger partial charge is 0.222 e. The summed E-state index contributed by atoms with van der Waals surface area (Å²) in [6, 6.07) is 13.3. The van der Waals surface area contributed by atoms with Crippen LogP contribution >= 0.6 is 0 Å². The first-order chi connectivity index (χ1) is 24.3. The van der Waals surface area contributed by atoms with Gasteiger partial charge < -0.3 is 40.4 Å². The number of aliphatic hydroxyl groups is 1. The summed E-state index contributed by atoms with van der Waals surface area (Å²) in [6.45, 7) is 6.58. The van der Waals surface area contributed by atoms with Gasteiger partial charge in [0, 0.05) is 52.0 Å². The minimum absolute atomic E-state index is 0.0469. The number of Topliss-reactive ketones (excluding diaryl/α,β-unsaturated/α-hetero) is 2. The first-order valence-corrected chi connectivity index (χ1v) is 17.8. The summed E-state index contributed by atoms with van der Waals surface area (Å²) < 4.78 is 22.2. The van der Waals surface area contributed by atoms with Crippen molar-refractivity contribution in [2.24, 2.45) is 5.73 Å². The zero-order chi connectivity index (χ0) is 36.4. The average molecular weight is 700 g/mol. The number of hydrogen-bond donors (Lipinski definition) is 4. The lowest BCUT2D eigenvalue weighted by atomic mass is 9.99. The van der Waals surface area contributed by atoms with E-state index in [9.17, 15) is 24.3 Å². The van der Waals surface area contributed by atoms with Gasteiger partial charge in [0.2, 0.25) is 11.8 Å². The van der Waals surface area contributed by atoms with Crippen LogP contribution in [0.15, 0.2) is 48.5 Å². The fraction of sp³-hybridized carbons (Fsp3) is 0.579. The molecular weight excluding hydrogens is 642 g/mol. The summed E-state index contributed by atoms with van der Waals surface area (Å²) in [7, 11) is 0. The molecule has 12 nitrogen and oxygen atoms in total. The Kier molecular flexibility index (Phi) is 22.0. The highest BCUT2D eigenvalue weighted by atomic mass is 16.5. The molecule has 0 radical (unpaired) electrons. The molecular formula is C38H57N3O9. The Morgan fingerprint density at radius 2 is 1.08 bits per heavy atom. The number of rotatable bonds is 29. The third-order valence-corrected chi connectivity index (χ3v) is 7.62. The number of nitrogens with one attached hydrogen (secondary N) is 2. The molecule has 0 saturated heterocycles. The summed E-state index contributed by atoms with van der Waals surface area (Å²) in [6.07, 6.45) is 3.70. The fourth-order valence-electron chi connectivity index (χ4n) is 4.96. The highest BCUT2D eigenvalue weighted by Crippen LogP contribution is 2.16. The van der Waals surface area contributed by atoms with Gasteiger partial charge in [-0.25, -0.2) is 0 Å². The van der Waals surface area contributed by atoms with E-state index in [1.807, 2.05) is 62.4 Å². The van der Waals surface area contributed by atoms with Crippen LogP contribution in [0, 0.1) is 0 Å². The second kappa shape index (κ2) is 26.0. The predicted molar refractivity (Wildman–Crippen MR) is 191 cm³/mol. The quantitative estimate of drug-likeness (QED) is 0.0921. The van der Waals surface area contributed by atoms with Crippen molar-refractivity contribution in [3.8, 4) is 11.5 Å². The van der Waals surface area contributed by atoms with E-state index in [4.69, 9.17) is 24.7 Å². The fourth-order valence-corrected chi connectivity index (χ4v) is 4.96. The van der Waals surface area contributed by atoms with Gasteiger partial charge in [-0.15, -0.1) is 0 Å². The summed E-state index contributed by atoms with van der Waals surface area (Å²) in [4.78, 5) is 51.4. The molecule has 0 aliphatic rings. The van der Waals surface area contributed by atoms with Gasteiger partial charge in [-0.3, -0.25) is 19.2 Å². The SMILES string of the molecule is CCCOCCC(=O)N[C@@H](Cc1ccc(OCCN)cc1)C(=O)CCCOCCC(=O)N[C@@H](Cc1ccc(OCCC)cc1)C(=O)CCCO. The van der Waals surface area contributed by atoms with Gasteiger partial charge in [0.05, 0.1) is 31.9 Å². The van der Waals surface area contributed by atoms with Gasteiger partial charge >= 0.3 is 0 Å². The first-order valence-electron chi connectivity index (χ1n) is 17.8. The van der Waals surface area contributed by atoms with Crippen LogP contribution in [0.5, 0.6) is 11.5 Å². The summed E-state index contributed by atoms with van der Waals surface area (Å²) in [5.74, 6) is 0.578. The van der Waals surface area contributed by atoms with Crippen molar-refractivity contribution in [2.75, 3.05) is 52.8 Å². The van der Waals surface area contributed by atoms with Crippen molar-refractivity contribution in [1.29, 1.82) is 0 Å². The summed E-state index contributed by atoms with van der Waals surface area (Å²) in [5.41, 5.74) is 7.26. The molecule has 2 atom stereocenters. The number of hydrogen-bond acceptors (Lipinski definition) is 10. The van der Waals surface area contributed by atoms with Crippen LogP contribution in [0.4, 0.5) is 0 Å². The molecule has 0 bridgehead atoms. The Balaban J connectivity index is 1.85. The standard InChI is InChI=1S/C38H57N3O9/c1-3-21-47-24-17-37(45)41-34(28-30-11-15-32(16-12-30)50-26-19-39)36(44)8-6-23-48-25-18-38(46)40-33(35(43)7-5-20-42)27-29-9-13-31(14-10-29)49-22-4-2/h9-16,33-34,42H,3-8,17-28,39H2,1-2H3,(H,40,46)(H,41,45)/t33-,34-/m0/s1. The van der Waals surface area contributed by atoms with E-state index in [0.29, 0.717) is 57.8 Å². The largest absolute Gasteiger partial charge is 0.494 e. The van der Waals surface area contributed by atoms with Crippen LogP contribution in [-0.4, -0.2) is 93.4 Å². The minimum atomic E-state index is -0.728. The lowest BCUT2D eigenvalue weighted by molar-refractivity contribution is -0.129. The van der Waals surface area contributed by atoms with Crippen LogP contribution in [0.1, 0.15) is 76.3 Å². The van der Waals surface area contributed by atoms with E-state index < -0.39 is 12.1 Å². The van der Waals surface area contributed by atoms with Crippen LogP contribution in [0.25, 0.3) is 0 Å². The van der Waals surface area contributed by atoms with E-state index >= 15 is 0 Å². The molecule has 0 saturated carbocycles. The predicted octanol–water partition coefficient (Wildman–Crippen LogP) is 3.48. The number of ketones is 2. The third kappa shape index (κ3) is 18.2. The van der Waals surface area contributed by atoms with Gasteiger partial charge in [-0.1, -0.05) is 38.1 Å². The second-order valence-electron chi connectivity index (χ2n) is 12.0. The number of carbonyl (C=O) groups excluding carboxylic acids is 4. The highest BCUT2D eigenvalue weighted by molar-refractivity contribution is 5.90. The van der Waals surface area contributed by atoms with Crippen molar-refractivity contribution in [3.05, 3.63) is 59.7 Å². The van der Waals surface area contributed by atoms with Crippen molar-refractivity contribution >= 4 is 23.4 Å². The third-order valence-electron chi connectivity index (χ3n) is 7.62. The van der Waals surface area contributed by atoms with Crippen LogP contribution in [0.3, 0.4) is 0 Å². The van der Waals surface area contributed by atoms with E-state index in [1.54, 1.807) is 0 Å². The molecule has 2 aromatic rings. The Morgan fingerprint density at radius 3 is 1.54 bits per heavy atom. The van der Waals surface area contributed by atoms with E-state index in [2.05, 4.69) is 10.6 Å². The Morgan fingerprint density at radius 1 is 0.620 bits per heavy atom. The van der Waals surface area contributed by atoms with Crippen molar-refractivity contribution in [1.82, 2.24) is 10.6 Å². The lowest BCUT2D eigenvalue weighted by Crippen LogP contribution is -2.43. The average Bonchev–Trinajstić information content (AvgIpc) is 3.12. The number of amides is 2. The van der Waals surface area contributed by atoms with E-state index in [1.165, 1.54) is 0 Å². The van der Waals surface area contributed by atoms with Gasteiger partial charge in [0.1, 0.15) is 18.1 Å². The molecule has 50 heavy (non-hydrogen) atoms. The molecule has 0 aromatic heterocycles. The topological polar surface area (TPSA) is 176 Å². The van der Waals surface area contributed by atoms with Gasteiger partial charge in [-0.05, 0) is 73.9 Å². The molecule has 5 N–H and O–H groups in total. The van der Waals surface area contributed by atoms with Gasteiger partial charge in [0.15, 0.2) is 11.6 Å². The Labute approximate surface area is 296 Å². The maximum Gasteiger partial charge on any atom is 0.222 e. The molecule has 0 heterocycles. The molecule has 2 amide bonds. The molecule has 2 aromatic carbocycles. The maximum atomic E-state index is 13.2. The maximum absolute atomic E-state index is 13.2. The number of nitrogens with two attached hydrogens (primary N) is 1. The molecule has 0 unspecified atom stereocenters. The lowest BCUT2D eigenvalue weighted by Gasteiger charge is -2.19. The number of ether oxygens (including phenoxy) is 4. The molecule has 0 spiro atoms. The molecule has 0 aliphatic heterocycles. The second-order valence-corrected chi connectivity index (χ2v) is 12.0. The molecule has 0 fully saturated rings.